The lowest BCUT2D eigenvalue weighted by atomic mass is 10.1. The van der Waals surface area contributed by atoms with Crippen LogP contribution in [0.2, 0.25) is 0 Å². The van der Waals surface area contributed by atoms with Gasteiger partial charge in [-0.1, -0.05) is 0 Å². The lowest BCUT2D eigenvalue weighted by Crippen LogP contribution is -2.18. The highest BCUT2D eigenvalue weighted by molar-refractivity contribution is 5.62. The van der Waals surface area contributed by atoms with E-state index in [1.54, 1.807) is 0 Å². The molecule has 22 heavy (non-hydrogen) atoms. The first-order valence-electron chi connectivity index (χ1n) is 7.18. The van der Waals surface area contributed by atoms with E-state index in [0.717, 1.165) is 43.5 Å². The van der Waals surface area contributed by atoms with Crippen molar-refractivity contribution < 1.29 is 9.31 Å². The maximum atomic E-state index is 13.2. The molecule has 2 heterocycles. The fourth-order valence-electron chi connectivity index (χ4n) is 2.73. The SMILES string of the molecule is CC(Nc1ccc(F)cc1[N+](=O)[O-])c1nnc2n1CCCC2. The van der Waals surface area contributed by atoms with Crippen molar-refractivity contribution in [3.8, 4) is 0 Å². The Kier molecular flexibility index (Phi) is 3.74. The fourth-order valence-corrected chi connectivity index (χ4v) is 2.73. The smallest absolute Gasteiger partial charge is 0.295 e. The van der Waals surface area contributed by atoms with E-state index in [1.165, 1.54) is 12.1 Å². The highest BCUT2D eigenvalue weighted by Crippen LogP contribution is 2.29. The van der Waals surface area contributed by atoms with Gasteiger partial charge in [0, 0.05) is 13.0 Å². The maximum Gasteiger partial charge on any atom is 0.295 e. The van der Waals surface area contributed by atoms with E-state index < -0.39 is 10.7 Å². The number of nitrogens with one attached hydrogen (secondary N) is 1. The summed E-state index contributed by atoms with van der Waals surface area (Å²) in [6, 6.07) is 3.22. The van der Waals surface area contributed by atoms with Crippen molar-refractivity contribution in [2.24, 2.45) is 0 Å². The number of nitro benzene ring substituents is 1. The molecule has 1 aliphatic rings. The Morgan fingerprint density at radius 3 is 3.00 bits per heavy atom. The van der Waals surface area contributed by atoms with Crippen LogP contribution in [-0.4, -0.2) is 19.7 Å². The van der Waals surface area contributed by atoms with E-state index in [9.17, 15) is 14.5 Å². The summed E-state index contributed by atoms with van der Waals surface area (Å²) < 4.78 is 15.2. The topological polar surface area (TPSA) is 85.9 Å². The van der Waals surface area contributed by atoms with E-state index in [1.807, 2.05) is 6.92 Å². The van der Waals surface area contributed by atoms with Crippen LogP contribution >= 0.6 is 0 Å². The molecule has 2 aromatic rings. The molecular formula is C14H16FN5O2. The Morgan fingerprint density at radius 2 is 2.23 bits per heavy atom. The molecule has 0 saturated heterocycles. The van der Waals surface area contributed by atoms with Gasteiger partial charge in [-0.2, -0.15) is 0 Å². The van der Waals surface area contributed by atoms with Crippen LogP contribution in [0.5, 0.6) is 0 Å². The highest BCUT2D eigenvalue weighted by atomic mass is 19.1. The predicted molar refractivity (Wildman–Crippen MR) is 78.1 cm³/mol. The van der Waals surface area contributed by atoms with Crippen molar-refractivity contribution in [1.29, 1.82) is 0 Å². The molecule has 1 aliphatic heterocycles. The molecule has 1 atom stereocenters. The van der Waals surface area contributed by atoms with Crippen molar-refractivity contribution in [2.75, 3.05) is 5.32 Å². The fraction of sp³-hybridized carbons (Fsp3) is 0.429. The lowest BCUT2D eigenvalue weighted by molar-refractivity contribution is -0.384. The van der Waals surface area contributed by atoms with Crippen LogP contribution < -0.4 is 5.32 Å². The highest BCUT2D eigenvalue weighted by Gasteiger charge is 2.22. The molecule has 0 aliphatic carbocycles. The van der Waals surface area contributed by atoms with Crippen molar-refractivity contribution in [2.45, 2.75) is 38.8 Å². The van der Waals surface area contributed by atoms with E-state index >= 15 is 0 Å². The molecule has 0 fully saturated rings. The van der Waals surface area contributed by atoms with Crippen LogP contribution in [0.3, 0.4) is 0 Å². The van der Waals surface area contributed by atoms with Gasteiger partial charge in [-0.3, -0.25) is 10.1 Å². The number of fused-ring (bicyclic) bond motifs is 1. The lowest BCUT2D eigenvalue weighted by Gasteiger charge is -2.19. The van der Waals surface area contributed by atoms with Gasteiger partial charge in [0.1, 0.15) is 17.3 Å². The maximum absolute atomic E-state index is 13.2. The quantitative estimate of drug-likeness (QED) is 0.693. The predicted octanol–water partition coefficient (Wildman–Crippen LogP) is 2.83. The molecule has 0 bridgehead atoms. The summed E-state index contributed by atoms with van der Waals surface area (Å²) in [7, 11) is 0. The molecule has 8 heteroatoms. The molecule has 0 radical (unpaired) electrons. The largest absolute Gasteiger partial charge is 0.370 e. The summed E-state index contributed by atoms with van der Waals surface area (Å²) in [5.74, 6) is 1.06. The van der Waals surface area contributed by atoms with Gasteiger partial charge < -0.3 is 9.88 Å². The zero-order chi connectivity index (χ0) is 15.7. The van der Waals surface area contributed by atoms with Gasteiger partial charge in [0.05, 0.1) is 17.0 Å². The number of rotatable bonds is 4. The zero-order valence-electron chi connectivity index (χ0n) is 12.1. The van der Waals surface area contributed by atoms with Gasteiger partial charge in [0.25, 0.3) is 5.69 Å². The molecule has 7 nitrogen and oxygen atoms in total. The third kappa shape index (κ3) is 2.63. The van der Waals surface area contributed by atoms with Gasteiger partial charge in [0.15, 0.2) is 5.82 Å². The second kappa shape index (κ2) is 5.70. The first-order valence-corrected chi connectivity index (χ1v) is 7.18. The van der Waals surface area contributed by atoms with Crippen LogP contribution in [0.15, 0.2) is 18.2 Å². The second-order valence-electron chi connectivity index (χ2n) is 5.37. The summed E-state index contributed by atoms with van der Waals surface area (Å²) in [6.07, 6.45) is 3.07. The molecule has 0 saturated carbocycles. The van der Waals surface area contributed by atoms with Crippen molar-refractivity contribution in [3.63, 3.8) is 0 Å². The van der Waals surface area contributed by atoms with Gasteiger partial charge in [-0.05, 0) is 31.9 Å². The number of aromatic nitrogens is 3. The zero-order valence-corrected chi connectivity index (χ0v) is 12.1. The number of halogens is 1. The van der Waals surface area contributed by atoms with Crippen LogP contribution in [0.25, 0.3) is 0 Å². The third-order valence-electron chi connectivity index (χ3n) is 3.80. The van der Waals surface area contributed by atoms with Crippen molar-refractivity contribution in [3.05, 3.63) is 45.8 Å². The van der Waals surface area contributed by atoms with E-state index in [4.69, 9.17) is 0 Å². The normalized spacial score (nSPS) is 15.2. The van der Waals surface area contributed by atoms with Crippen LogP contribution in [0.4, 0.5) is 15.8 Å². The minimum Gasteiger partial charge on any atom is -0.370 e. The first-order chi connectivity index (χ1) is 10.6. The van der Waals surface area contributed by atoms with Crippen LogP contribution in [-0.2, 0) is 13.0 Å². The number of aryl methyl sites for hydroxylation is 1. The number of anilines is 1. The Hall–Kier alpha value is -2.51. The van der Waals surface area contributed by atoms with Gasteiger partial charge in [0.2, 0.25) is 0 Å². The van der Waals surface area contributed by atoms with Gasteiger partial charge in [-0.25, -0.2) is 4.39 Å². The standard InChI is InChI=1S/C14H16FN5O2/c1-9(14-18-17-13-4-2-3-7-19(13)14)16-11-6-5-10(15)8-12(11)20(21)22/h5-6,8-9,16H,2-4,7H2,1H3. The number of benzene rings is 1. The molecular weight excluding hydrogens is 289 g/mol. The number of hydrogen-bond donors (Lipinski definition) is 1. The molecule has 1 aromatic carbocycles. The summed E-state index contributed by atoms with van der Waals surface area (Å²) in [4.78, 5) is 10.4. The van der Waals surface area contributed by atoms with Crippen molar-refractivity contribution in [1.82, 2.24) is 14.8 Å². The van der Waals surface area contributed by atoms with E-state index in [2.05, 4.69) is 20.1 Å². The monoisotopic (exact) mass is 305 g/mol. The molecule has 116 valence electrons. The molecule has 1 unspecified atom stereocenters. The van der Waals surface area contributed by atoms with Gasteiger partial charge >= 0.3 is 0 Å². The average Bonchev–Trinajstić information content (AvgIpc) is 2.93. The Morgan fingerprint density at radius 1 is 1.41 bits per heavy atom. The molecule has 1 N–H and O–H groups in total. The number of hydrogen-bond acceptors (Lipinski definition) is 5. The first kappa shape index (κ1) is 14.4. The Balaban J connectivity index is 1.87. The minimum atomic E-state index is -0.634. The Bertz CT molecular complexity index is 715. The summed E-state index contributed by atoms with van der Waals surface area (Å²) in [5.41, 5.74) is -0.0164. The third-order valence-corrected chi connectivity index (χ3v) is 3.80. The minimum absolute atomic E-state index is 0.261. The number of nitrogens with zero attached hydrogens (tertiary/aromatic N) is 4. The molecule has 1 aromatic heterocycles. The van der Waals surface area contributed by atoms with E-state index in [0.29, 0.717) is 0 Å². The van der Waals surface area contributed by atoms with E-state index in [-0.39, 0.29) is 17.4 Å². The summed E-state index contributed by atoms with van der Waals surface area (Å²) >= 11 is 0. The summed E-state index contributed by atoms with van der Waals surface area (Å²) in [6.45, 7) is 2.72. The second-order valence-corrected chi connectivity index (χ2v) is 5.37. The molecule has 0 spiro atoms. The van der Waals surface area contributed by atoms with Crippen LogP contribution in [0.1, 0.15) is 37.5 Å². The molecule has 0 amide bonds. The average molecular weight is 305 g/mol. The Labute approximate surface area is 126 Å². The number of nitro groups is 1. The van der Waals surface area contributed by atoms with Gasteiger partial charge in [-0.15, -0.1) is 10.2 Å². The van der Waals surface area contributed by atoms with Crippen LogP contribution in [0, 0.1) is 15.9 Å². The molecule has 3 rings (SSSR count). The summed E-state index contributed by atoms with van der Waals surface area (Å²) in [5, 5.41) is 22.4. The van der Waals surface area contributed by atoms with Crippen molar-refractivity contribution >= 4 is 11.4 Å².